The van der Waals surface area contributed by atoms with Crippen LogP contribution in [0, 0.1) is 5.92 Å². The van der Waals surface area contributed by atoms with Gasteiger partial charge in [0.25, 0.3) is 5.91 Å². The van der Waals surface area contributed by atoms with E-state index in [1.54, 1.807) is 6.92 Å². The zero-order chi connectivity index (χ0) is 19.1. The van der Waals surface area contributed by atoms with Crippen LogP contribution in [0.4, 0.5) is 0 Å². The van der Waals surface area contributed by atoms with E-state index in [0.29, 0.717) is 23.6 Å². The summed E-state index contributed by atoms with van der Waals surface area (Å²) < 4.78 is 0. The normalized spacial score (nSPS) is 12.0. The number of rotatable bonds is 8. The van der Waals surface area contributed by atoms with E-state index in [2.05, 4.69) is 31.1 Å². The fourth-order valence-corrected chi connectivity index (χ4v) is 2.94. The van der Waals surface area contributed by atoms with Gasteiger partial charge in [0.15, 0.2) is 5.78 Å². The maximum atomic E-state index is 12.3. The van der Waals surface area contributed by atoms with Gasteiger partial charge in [0, 0.05) is 24.2 Å². The zero-order valence-electron chi connectivity index (χ0n) is 16.1. The summed E-state index contributed by atoms with van der Waals surface area (Å²) in [7, 11) is 2.08. The van der Waals surface area contributed by atoms with Crippen molar-refractivity contribution in [2.24, 2.45) is 5.92 Å². The molecule has 0 heterocycles. The lowest BCUT2D eigenvalue weighted by Crippen LogP contribution is -2.33. The summed E-state index contributed by atoms with van der Waals surface area (Å²) in [5.74, 6) is 0.362. The summed E-state index contributed by atoms with van der Waals surface area (Å²) in [5.41, 5.74) is 3.15. The number of hydrogen-bond acceptors (Lipinski definition) is 3. The first-order chi connectivity index (χ1) is 12.4. The van der Waals surface area contributed by atoms with E-state index >= 15 is 0 Å². The molecule has 138 valence electrons. The van der Waals surface area contributed by atoms with Gasteiger partial charge in [-0.2, -0.15) is 0 Å². The zero-order valence-corrected chi connectivity index (χ0v) is 16.1. The molecule has 4 nitrogen and oxygen atoms in total. The largest absolute Gasteiger partial charge is 0.352 e. The van der Waals surface area contributed by atoms with Crippen molar-refractivity contribution in [1.29, 1.82) is 0 Å². The van der Waals surface area contributed by atoms with Crippen LogP contribution in [0.25, 0.3) is 11.1 Å². The second-order valence-corrected chi connectivity index (χ2v) is 6.85. The summed E-state index contributed by atoms with van der Waals surface area (Å²) in [6, 6.07) is 14.9. The van der Waals surface area contributed by atoms with E-state index in [1.165, 1.54) is 0 Å². The predicted molar refractivity (Wildman–Crippen MR) is 107 cm³/mol. The number of carbonyl (C=O) groups excluding carboxylic acids is 2. The highest BCUT2D eigenvalue weighted by atomic mass is 16.1. The fraction of sp³-hybridized carbons (Fsp3) is 0.364. The average Bonchev–Trinajstić information content (AvgIpc) is 2.66. The molecule has 2 aromatic carbocycles. The molecule has 0 saturated carbocycles. The van der Waals surface area contributed by atoms with E-state index in [1.807, 2.05) is 48.5 Å². The molecule has 4 heteroatoms. The number of benzene rings is 2. The molecule has 0 saturated heterocycles. The van der Waals surface area contributed by atoms with Crippen molar-refractivity contribution in [3.8, 4) is 11.1 Å². The number of ketones is 1. The number of amides is 1. The maximum Gasteiger partial charge on any atom is 0.251 e. The van der Waals surface area contributed by atoms with Crippen LogP contribution in [-0.4, -0.2) is 43.3 Å². The highest BCUT2D eigenvalue weighted by Gasteiger charge is 2.11. The van der Waals surface area contributed by atoms with Gasteiger partial charge in [-0.3, -0.25) is 9.59 Å². The molecule has 26 heavy (non-hydrogen) atoms. The number of hydrogen-bond donors (Lipinski definition) is 1. The van der Waals surface area contributed by atoms with Crippen LogP contribution in [0.5, 0.6) is 0 Å². The average molecular weight is 352 g/mol. The van der Waals surface area contributed by atoms with Crippen molar-refractivity contribution in [2.45, 2.75) is 20.8 Å². The molecule has 1 N–H and O–H groups in total. The molecule has 0 aromatic heterocycles. The molecular formula is C22H28N2O2. The van der Waals surface area contributed by atoms with Crippen molar-refractivity contribution in [2.75, 3.05) is 26.7 Å². The number of carbonyl (C=O) groups is 2. The van der Waals surface area contributed by atoms with Crippen molar-refractivity contribution in [3.63, 3.8) is 0 Å². The van der Waals surface area contributed by atoms with E-state index in [9.17, 15) is 9.59 Å². The van der Waals surface area contributed by atoms with Crippen molar-refractivity contribution in [1.82, 2.24) is 10.2 Å². The molecule has 0 bridgehead atoms. The molecule has 0 aliphatic carbocycles. The third kappa shape index (κ3) is 5.27. The second-order valence-electron chi connectivity index (χ2n) is 6.85. The lowest BCUT2D eigenvalue weighted by molar-refractivity contribution is 0.0944. The van der Waals surface area contributed by atoms with Crippen molar-refractivity contribution in [3.05, 3.63) is 59.7 Å². The standard InChI is InChI=1S/C22H28N2O2/c1-5-24(4)15-16(2)14-23-22(26)19-12-10-18(11-13-19)21-9-7-6-8-20(21)17(3)25/h6-13,16H,5,14-15H2,1-4H3,(H,23,26)/t16-/m0/s1. The first-order valence-electron chi connectivity index (χ1n) is 9.09. The Morgan fingerprint density at radius 2 is 1.73 bits per heavy atom. The molecule has 0 unspecified atom stereocenters. The van der Waals surface area contributed by atoms with Crippen LogP contribution in [-0.2, 0) is 0 Å². The number of nitrogens with one attached hydrogen (secondary N) is 1. The highest BCUT2D eigenvalue weighted by molar-refractivity contribution is 6.01. The first kappa shape index (κ1) is 19.9. The summed E-state index contributed by atoms with van der Waals surface area (Å²) >= 11 is 0. The molecule has 1 amide bonds. The lowest BCUT2D eigenvalue weighted by Gasteiger charge is -2.19. The van der Waals surface area contributed by atoms with Gasteiger partial charge in [0.1, 0.15) is 0 Å². The monoisotopic (exact) mass is 352 g/mol. The Hall–Kier alpha value is -2.46. The predicted octanol–water partition coefficient (Wildman–Crippen LogP) is 3.87. The summed E-state index contributed by atoms with van der Waals surface area (Å²) in [4.78, 5) is 26.4. The summed E-state index contributed by atoms with van der Waals surface area (Å²) in [5, 5.41) is 3.00. The van der Waals surface area contributed by atoms with Crippen LogP contribution >= 0.6 is 0 Å². The van der Waals surface area contributed by atoms with Crippen LogP contribution in [0.1, 0.15) is 41.5 Å². The number of nitrogens with zero attached hydrogens (tertiary/aromatic N) is 1. The summed E-state index contributed by atoms with van der Waals surface area (Å²) in [6.45, 7) is 8.43. The van der Waals surface area contributed by atoms with Gasteiger partial charge in [0.2, 0.25) is 0 Å². The SMILES string of the molecule is CCN(C)C[C@@H](C)CNC(=O)c1ccc(-c2ccccc2C(C)=O)cc1. The third-order valence-corrected chi connectivity index (χ3v) is 4.54. The highest BCUT2D eigenvalue weighted by Crippen LogP contribution is 2.24. The van der Waals surface area contributed by atoms with Gasteiger partial charge in [0.05, 0.1) is 0 Å². The molecule has 0 aliphatic heterocycles. The quantitative estimate of drug-likeness (QED) is 0.734. The Kier molecular flexibility index (Phi) is 7.10. The van der Waals surface area contributed by atoms with E-state index in [-0.39, 0.29) is 11.7 Å². The Bertz CT molecular complexity index is 753. The molecule has 0 fully saturated rings. The topological polar surface area (TPSA) is 49.4 Å². The van der Waals surface area contributed by atoms with Gasteiger partial charge < -0.3 is 10.2 Å². The fourth-order valence-electron chi connectivity index (χ4n) is 2.94. The minimum absolute atomic E-state index is 0.0356. The van der Waals surface area contributed by atoms with Gasteiger partial charge in [-0.15, -0.1) is 0 Å². The smallest absolute Gasteiger partial charge is 0.251 e. The molecule has 2 rings (SSSR count). The van der Waals surface area contributed by atoms with Gasteiger partial charge in [-0.05, 0) is 49.7 Å². The van der Waals surface area contributed by atoms with Crippen LogP contribution in [0.2, 0.25) is 0 Å². The Labute approximate surface area is 156 Å². The third-order valence-electron chi connectivity index (χ3n) is 4.54. The Morgan fingerprint density at radius 3 is 2.35 bits per heavy atom. The summed E-state index contributed by atoms with van der Waals surface area (Å²) in [6.07, 6.45) is 0. The Morgan fingerprint density at radius 1 is 1.08 bits per heavy atom. The minimum atomic E-state index is -0.0672. The Balaban J connectivity index is 2.03. The van der Waals surface area contributed by atoms with E-state index in [4.69, 9.17) is 0 Å². The maximum absolute atomic E-state index is 12.3. The van der Waals surface area contributed by atoms with Crippen molar-refractivity contribution < 1.29 is 9.59 Å². The molecule has 0 radical (unpaired) electrons. The van der Waals surface area contributed by atoms with E-state index < -0.39 is 0 Å². The molecule has 2 aromatic rings. The first-order valence-corrected chi connectivity index (χ1v) is 9.09. The molecular weight excluding hydrogens is 324 g/mol. The van der Waals surface area contributed by atoms with Crippen LogP contribution in [0.3, 0.4) is 0 Å². The molecule has 0 aliphatic rings. The number of Topliss-reactive ketones (excluding diaryl/α,β-unsaturated/α-hetero) is 1. The van der Waals surface area contributed by atoms with Crippen LogP contribution in [0.15, 0.2) is 48.5 Å². The van der Waals surface area contributed by atoms with Crippen molar-refractivity contribution >= 4 is 11.7 Å². The second kappa shape index (κ2) is 9.30. The lowest BCUT2D eigenvalue weighted by atomic mass is 9.97. The van der Waals surface area contributed by atoms with E-state index in [0.717, 1.165) is 24.2 Å². The molecule has 0 spiro atoms. The minimum Gasteiger partial charge on any atom is -0.352 e. The van der Waals surface area contributed by atoms with Gasteiger partial charge in [-0.25, -0.2) is 0 Å². The van der Waals surface area contributed by atoms with Gasteiger partial charge in [-0.1, -0.05) is 50.2 Å². The van der Waals surface area contributed by atoms with Crippen LogP contribution < -0.4 is 5.32 Å². The molecule has 1 atom stereocenters. The van der Waals surface area contributed by atoms with Gasteiger partial charge >= 0.3 is 0 Å².